The second-order valence-electron chi connectivity index (χ2n) is 3.95. The van der Waals surface area contributed by atoms with Crippen LogP contribution in [0.15, 0.2) is 35.6 Å². The fourth-order valence-corrected chi connectivity index (χ4v) is 1.39. The van der Waals surface area contributed by atoms with E-state index in [1.54, 1.807) is 0 Å². The minimum Gasteiger partial charge on any atom is -0.378 e. The first kappa shape index (κ1) is 10.1. The molecule has 72 valence electrons. The van der Waals surface area contributed by atoms with Crippen LogP contribution < -0.4 is 0 Å². The molecule has 0 aromatic rings. The second-order valence-corrected chi connectivity index (χ2v) is 3.95. The molecular weight excluding hydrogens is 158 g/mol. The van der Waals surface area contributed by atoms with Crippen LogP contribution in [0.4, 0.5) is 0 Å². The predicted molar refractivity (Wildman–Crippen MR) is 58.4 cm³/mol. The highest BCUT2D eigenvalue weighted by Crippen LogP contribution is 2.17. The lowest BCUT2D eigenvalue weighted by atomic mass is 10.0. The molecule has 0 amide bonds. The molecule has 0 aromatic carbocycles. The van der Waals surface area contributed by atoms with E-state index in [9.17, 15) is 0 Å². The van der Waals surface area contributed by atoms with Gasteiger partial charge in [-0.05, 0) is 24.0 Å². The first-order valence-corrected chi connectivity index (χ1v) is 4.87. The normalized spacial score (nSPS) is 16.7. The molecule has 13 heavy (non-hydrogen) atoms. The number of rotatable bonds is 2. The first-order chi connectivity index (χ1) is 6.11. The average molecular weight is 177 g/mol. The Morgan fingerprint density at radius 2 is 1.85 bits per heavy atom. The molecule has 0 N–H and O–H groups in total. The summed E-state index contributed by atoms with van der Waals surface area (Å²) in [5, 5.41) is 0. The van der Waals surface area contributed by atoms with Crippen molar-refractivity contribution in [1.82, 2.24) is 4.90 Å². The van der Waals surface area contributed by atoms with E-state index in [2.05, 4.69) is 57.1 Å². The molecule has 1 aliphatic rings. The van der Waals surface area contributed by atoms with Crippen molar-refractivity contribution in [3.8, 4) is 0 Å². The van der Waals surface area contributed by atoms with Gasteiger partial charge >= 0.3 is 0 Å². The maximum atomic E-state index is 2.30. The Morgan fingerprint density at radius 1 is 1.15 bits per heavy atom. The standard InChI is InChI=1S/C12H19N/c1-10(2)11-6-5-7-12(9-8-11)13(3)4/h6-10H,5H2,1-4H3. The quantitative estimate of drug-likeness (QED) is 0.627. The molecular formula is C12H19N. The zero-order chi connectivity index (χ0) is 9.84. The maximum Gasteiger partial charge on any atom is 0.0323 e. The van der Waals surface area contributed by atoms with Crippen molar-refractivity contribution in [1.29, 1.82) is 0 Å². The van der Waals surface area contributed by atoms with Crippen molar-refractivity contribution in [2.45, 2.75) is 20.3 Å². The predicted octanol–water partition coefficient (Wildman–Crippen LogP) is 2.97. The molecule has 1 rings (SSSR count). The van der Waals surface area contributed by atoms with Crippen LogP contribution in [0.3, 0.4) is 0 Å². The highest BCUT2D eigenvalue weighted by Gasteiger charge is 2.02. The van der Waals surface area contributed by atoms with Gasteiger partial charge in [0.15, 0.2) is 0 Å². The van der Waals surface area contributed by atoms with Crippen LogP contribution in [0.5, 0.6) is 0 Å². The van der Waals surface area contributed by atoms with Crippen LogP contribution in [-0.2, 0) is 0 Å². The van der Waals surface area contributed by atoms with Gasteiger partial charge in [-0.1, -0.05) is 32.1 Å². The van der Waals surface area contributed by atoms with E-state index < -0.39 is 0 Å². The number of nitrogens with zero attached hydrogens (tertiary/aromatic N) is 1. The molecule has 0 atom stereocenters. The largest absolute Gasteiger partial charge is 0.378 e. The molecule has 0 heterocycles. The minimum atomic E-state index is 0.631. The van der Waals surface area contributed by atoms with Gasteiger partial charge in [-0.3, -0.25) is 0 Å². The monoisotopic (exact) mass is 177 g/mol. The van der Waals surface area contributed by atoms with Gasteiger partial charge in [0.25, 0.3) is 0 Å². The smallest absolute Gasteiger partial charge is 0.0323 e. The van der Waals surface area contributed by atoms with Gasteiger partial charge in [-0.25, -0.2) is 0 Å². The Balaban J connectivity index is 2.75. The molecule has 0 radical (unpaired) electrons. The third kappa shape index (κ3) is 2.76. The van der Waals surface area contributed by atoms with E-state index in [0.29, 0.717) is 5.92 Å². The third-order valence-electron chi connectivity index (χ3n) is 2.31. The summed E-state index contributed by atoms with van der Waals surface area (Å²) in [5.41, 5.74) is 2.74. The SMILES string of the molecule is CC(C)C1=CCC=C(N(C)C)C=C1. The Morgan fingerprint density at radius 3 is 2.38 bits per heavy atom. The number of hydrogen-bond donors (Lipinski definition) is 0. The van der Waals surface area contributed by atoms with Crippen LogP contribution in [-0.4, -0.2) is 19.0 Å². The molecule has 0 fully saturated rings. The average Bonchev–Trinajstić information content (AvgIpc) is 2.27. The third-order valence-corrected chi connectivity index (χ3v) is 2.31. The second kappa shape index (κ2) is 4.31. The Hall–Kier alpha value is -0.980. The lowest BCUT2D eigenvalue weighted by molar-refractivity contribution is 0.528. The zero-order valence-electron chi connectivity index (χ0n) is 9.04. The molecule has 0 saturated carbocycles. The van der Waals surface area contributed by atoms with Crippen molar-refractivity contribution >= 4 is 0 Å². The topological polar surface area (TPSA) is 3.24 Å². The van der Waals surface area contributed by atoms with Crippen LogP contribution in [0.25, 0.3) is 0 Å². The number of hydrogen-bond acceptors (Lipinski definition) is 1. The van der Waals surface area contributed by atoms with Gasteiger partial charge in [0.2, 0.25) is 0 Å². The van der Waals surface area contributed by atoms with Gasteiger partial charge in [0, 0.05) is 19.8 Å². The summed E-state index contributed by atoms with van der Waals surface area (Å²) >= 11 is 0. The van der Waals surface area contributed by atoms with Crippen LogP contribution >= 0.6 is 0 Å². The van der Waals surface area contributed by atoms with Gasteiger partial charge in [0.1, 0.15) is 0 Å². The highest BCUT2D eigenvalue weighted by atomic mass is 15.1. The first-order valence-electron chi connectivity index (χ1n) is 4.87. The van der Waals surface area contributed by atoms with E-state index in [4.69, 9.17) is 0 Å². The fourth-order valence-electron chi connectivity index (χ4n) is 1.39. The summed E-state index contributed by atoms with van der Waals surface area (Å²) in [7, 11) is 4.16. The fraction of sp³-hybridized carbons (Fsp3) is 0.500. The molecule has 0 bridgehead atoms. The summed E-state index contributed by atoms with van der Waals surface area (Å²) in [4.78, 5) is 2.15. The highest BCUT2D eigenvalue weighted by molar-refractivity contribution is 5.32. The van der Waals surface area contributed by atoms with E-state index in [-0.39, 0.29) is 0 Å². The van der Waals surface area contributed by atoms with Gasteiger partial charge in [-0.15, -0.1) is 0 Å². The van der Waals surface area contributed by atoms with Crippen LogP contribution in [0, 0.1) is 5.92 Å². The molecule has 0 unspecified atom stereocenters. The summed E-state index contributed by atoms with van der Waals surface area (Å²) < 4.78 is 0. The van der Waals surface area contributed by atoms with Gasteiger partial charge in [-0.2, -0.15) is 0 Å². The lowest BCUT2D eigenvalue weighted by Gasteiger charge is -2.12. The number of allylic oxidation sites excluding steroid dienone is 5. The van der Waals surface area contributed by atoms with Crippen LogP contribution in [0.2, 0.25) is 0 Å². The van der Waals surface area contributed by atoms with Gasteiger partial charge in [0.05, 0.1) is 0 Å². The summed E-state index contributed by atoms with van der Waals surface area (Å²) in [5.74, 6) is 0.631. The molecule has 0 aromatic heterocycles. The van der Waals surface area contributed by atoms with E-state index in [1.165, 1.54) is 11.3 Å². The molecule has 1 aliphatic carbocycles. The molecule has 0 spiro atoms. The zero-order valence-corrected chi connectivity index (χ0v) is 9.04. The molecule has 1 nitrogen and oxygen atoms in total. The summed E-state index contributed by atoms with van der Waals surface area (Å²) in [6, 6.07) is 0. The Kier molecular flexibility index (Phi) is 3.35. The van der Waals surface area contributed by atoms with Crippen LogP contribution in [0.1, 0.15) is 20.3 Å². The summed E-state index contributed by atoms with van der Waals surface area (Å²) in [6.45, 7) is 4.47. The van der Waals surface area contributed by atoms with E-state index in [1.807, 2.05) is 0 Å². The van der Waals surface area contributed by atoms with Crippen molar-refractivity contribution in [2.24, 2.45) is 5.92 Å². The minimum absolute atomic E-state index is 0.631. The maximum absolute atomic E-state index is 2.30. The molecule has 0 aliphatic heterocycles. The Bertz CT molecular complexity index is 228. The molecule has 1 heteroatoms. The van der Waals surface area contributed by atoms with E-state index >= 15 is 0 Å². The van der Waals surface area contributed by atoms with Gasteiger partial charge < -0.3 is 4.90 Å². The summed E-state index contributed by atoms with van der Waals surface area (Å²) in [6.07, 6.45) is 10.0. The molecule has 0 saturated heterocycles. The van der Waals surface area contributed by atoms with Crippen molar-refractivity contribution < 1.29 is 0 Å². The van der Waals surface area contributed by atoms with Crippen molar-refractivity contribution in [3.63, 3.8) is 0 Å². The number of likely N-dealkylation sites (N-methyl/N-ethyl adjacent to an activating group) is 1. The van der Waals surface area contributed by atoms with E-state index in [0.717, 1.165) is 6.42 Å². The van der Waals surface area contributed by atoms with Crippen molar-refractivity contribution in [3.05, 3.63) is 35.6 Å². The lowest BCUT2D eigenvalue weighted by Crippen LogP contribution is -2.08. The Labute approximate surface area is 81.4 Å². The van der Waals surface area contributed by atoms with Crippen molar-refractivity contribution in [2.75, 3.05) is 14.1 Å².